The summed E-state index contributed by atoms with van der Waals surface area (Å²) in [6.07, 6.45) is 1.90. The summed E-state index contributed by atoms with van der Waals surface area (Å²) in [4.78, 5) is 4.40. The molecule has 0 aromatic rings. The predicted octanol–water partition coefficient (Wildman–Crippen LogP) is 2.92. The molecule has 2 nitrogen and oxygen atoms in total. The summed E-state index contributed by atoms with van der Waals surface area (Å²) in [7, 11) is 0. The molecule has 0 rings (SSSR count). The maximum Gasteiger partial charge on any atom is 0.157 e. The Labute approximate surface area is 92.3 Å². The van der Waals surface area contributed by atoms with Crippen molar-refractivity contribution in [3.05, 3.63) is 12.7 Å². The fourth-order valence-corrected chi connectivity index (χ4v) is 1.54. The number of hydrogen-bond donors (Lipinski definition) is 1. The van der Waals surface area contributed by atoms with Gasteiger partial charge in [0.1, 0.15) is 0 Å². The number of amidine groups is 1. The highest BCUT2D eigenvalue weighted by molar-refractivity contribution is 8.13. The predicted molar refractivity (Wildman–Crippen MR) is 68.1 cm³/mol. The van der Waals surface area contributed by atoms with Crippen LogP contribution >= 0.6 is 11.8 Å². The first-order chi connectivity index (χ1) is 6.61. The highest BCUT2D eigenvalue weighted by Crippen LogP contribution is 2.06. The third kappa shape index (κ3) is 6.08. The summed E-state index contributed by atoms with van der Waals surface area (Å²) in [5, 5.41) is 4.45. The summed E-state index contributed by atoms with van der Waals surface area (Å²) in [5.74, 6) is 1.54. The Bertz CT molecular complexity index is 188. The largest absolute Gasteiger partial charge is 0.362 e. The zero-order valence-corrected chi connectivity index (χ0v) is 10.5. The average Bonchev–Trinajstić information content (AvgIpc) is 2.14. The molecule has 3 heteroatoms. The lowest BCUT2D eigenvalue weighted by Gasteiger charge is -2.19. The van der Waals surface area contributed by atoms with E-state index in [4.69, 9.17) is 0 Å². The highest BCUT2D eigenvalue weighted by Gasteiger charge is 2.08. The van der Waals surface area contributed by atoms with E-state index in [0.717, 1.165) is 17.5 Å². The first-order valence-electron chi connectivity index (χ1n) is 5.16. The first kappa shape index (κ1) is 13.6. The maximum absolute atomic E-state index is 4.40. The van der Waals surface area contributed by atoms with E-state index in [1.54, 1.807) is 11.8 Å². The molecule has 0 bridgehead atoms. The van der Waals surface area contributed by atoms with Crippen molar-refractivity contribution < 1.29 is 0 Å². The molecule has 0 spiro atoms. The van der Waals surface area contributed by atoms with Crippen LogP contribution in [0.3, 0.4) is 0 Å². The lowest BCUT2D eigenvalue weighted by molar-refractivity contribution is 0.489. The quantitative estimate of drug-likeness (QED) is 0.432. The standard InChI is InChI=1S/C11H22N2S/c1-6-8-14-11(12-7-2)13-10(5)9(3)4/h6,9-10H,1,7-8H2,2-5H3,(H,12,13). The third-order valence-corrected chi connectivity index (χ3v) is 2.91. The van der Waals surface area contributed by atoms with E-state index in [9.17, 15) is 0 Å². The minimum atomic E-state index is 0.470. The second kappa shape index (κ2) is 7.92. The van der Waals surface area contributed by atoms with Crippen molar-refractivity contribution in [2.45, 2.75) is 33.7 Å². The molecule has 0 radical (unpaired) electrons. The minimum Gasteiger partial charge on any atom is -0.362 e. The fraction of sp³-hybridized carbons (Fsp3) is 0.727. The van der Waals surface area contributed by atoms with Gasteiger partial charge in [-0.1, -0.05) is 31.7 Å². The molecule has 1 N–H and O–H groups in total. The van der Waals surface area contributed by atoms with Crippen molar-refractivity contribution in [2.75, 3.05) is 12.3 Å². The van der Waals surface area contributed by atoms with Gasteiger partial charge in [0, 0.05) is 18.3 Å². The van der Waals surface area contributed by atoms with Gasteiger partial charge in [0.2, 0.25) is 0 Å². The normalized spacial score (nSPS) is 14.2. The lowest BCUT2D eigenvalue weighted by atomic mass is 10.1. The van der Waals surface area contributed by atoms with Gasteiger partial charge in [-0.05, 0) is 19.8 Å². The van der Waals surface area contributed by atoms with Crippen LogP contribution in [-0.4, -0.2) is 23.5 Å². The second-order valence-corrected chi connectivity index (χ2v) is 4.56. The summed E-state index contributed by atoms with van der Waals surface area (Å²) in [5.41, 5.74) is 0. The van der Waals surface area contributed by atoms with Crippen LogP contribution in [0.25, 0.3) is 0 Å². The van der Waals surface area contributed by atoms with Gasteiger partial charge in [0.25, 0.3) is 0 Å². The molecule has 82 valence electrons. The molecule has 1 atom stereocenters. The SMILES string of the molecule is C=CCS/C(=N/CC)NC(C)C(C)C. The summed E-state index contributed by atoms with van der Waals surface area (Å²) < 4.78 is 0. The fourth-order valence-electron chi connectivity index (χ4n) is 0.776. The van der Waals surface area contributed by atoms with Crippen molar-refractivity contribution in [3.8, 4) is 0 Å². The highest BCUT2D eigenvalue weighted by atomic mass is 32.2. The van der Waals surface area contributed by atoms with E-state index < -0.39 is 0 Å². The van der Waals surface area contributed by atoms with Crippen molar-refractivity contribution in [1.82, 2.24) is 5.32 Å². The summed E-state index contributed by atoms with van der Waals surface area (Å²) >= 11 is 1.71. The molecule has 0 aromatic carbocycles. The topological polar surface area (TPSA) is 24.4 Å². The van der Waals surface area contributed by atoms with Gasteiger partial charge in [-0.3, -0.25) is 4.99 Å². The minimum absolute atomic E-state index is 0.470. The van der Waals surface area contributed by atoms with Gasteiger partial charge < -0.3 is 5.32 Å². The van der Waals surface area contributed by atoms with E-state index in [2.05, 4.69) is 44.6 Å². The molecule has 0 aliphatic rings. The van der Waals surface area contributed by atoms with E-state index in [-0.39, 0.29) is 0 Å². The third-order valence-electron chi connectivity index (χ3n) is 1.99. The number of thioether (sulfide) groups is 1. The molecular formula is C11H22N2S. The summed E-state index contributed by atoms with van der Waals surface area (Å²) in [6.45, 7) is 13.2. The summed E-state index contributed by atoms with van der Waals surface area (Å²) in [6, 6.07) is 0.470. The second-order valence-electron chi connectivity index (χ2n) is 3.56. The number of aliphatic imine (C=N–C) groups is 1. The van der Waals surface area contributed by atoms with Gasteiger partial charge in [0.05, 0.1) is 0 Å². The van der Waals surface area contributed by atoms with Gasteiger partial charge in [-0.15, -0.1) is 6.58 Å². The number of rotatable bonds is 5. The number of nitrogens with one attached hydrogen (secondary N) is 1. The van der Waals surface area contributed by atoms with E-state index in [0.29, 0.717) is 12.0 Å². The Morgan fingerprint density at radius 2 is 2.14 bits per heavy atom. The van der Waals surface area contributed by atoms with Crippen LogP contribution in [-0.2, 0) is 0 Å². The zero-order chi connectivity index (χ0) is 11.0. The van der Waals surface area contributed by atoms with Gasteiger partial charge in [-0.25, -0.2) is 0 Å². The molecule has 0 saturated carbocycles. The first-order valence-corrected chi connectivity index (χ1v) is 6.15. The molecule has 0 amide bonds. The molecule has 0 aliphatic heterocycles. The molecule has 0 fully saturated rings. The van der Waals surface area contributed by atoms with E-state index >= 15 is 0 Å². The Morgan fingerprint density at radius 3 is 2.57 bits per heavy atom. The van der Waals surface area contributed by atoms with Gasteiger partial charge in [0.15, 0.2) is 5.17 Å². The molecule has 0 heterocycles. The van der Waals surface area contributed by atoms with Gasteiger partial charge in [-0.2, -0.15) is 0 Å². The van der Waals surface area contributed by atoms with Crippen LogP contribution < -0.4 is 5.32 Å². The molecule has 1 unspecified atom stereocenters. The van der Waals surface area contributed by atoms with Crippen molar-refractivity contribution in [2.24, 2.45) is 10.9 Å². The van der Waals surface area contributed by atoms with Crippen molar-refractivity contribution in [3.63, 3.8) is 0 Å². The molecular weight excluding hydrogens is 192 g/mol. The number of hydrogen-bond acceptors (Lipinski definition) is 2. The van der Waals surface area contributed by atoms with Gasteiger partial charge >= 0.3 is 0 Å². The maximum atomic E-state index is 4.40. The molecule has 0 aromatic heterocycles. The Balaban J connectivity index is 4.08. The Kier molecular flexibility index (Phi) is 7.67. The zero-order valence-electron chi connectivity index (χ0n) is 9.71. The number of nitrogens with zero attached hydrogens (tertiary/aromatic N) is 1. The monoisotopic (exact) mass is 214 g/mol. The van der Waals surface area contributed by atoms with E-state index in [1.165, 1.54) is 0 Å². The van der Waals surface area contributed by atoms with Crippen molar-refractivity contribution >= 4 is 16.9 Å². The average molecular weight is 214 g/mol. The molecule has 0 saturated heterocycles. The Morgan fingerprint density at radius 1 is 1.50 bits per heavy atom. The molecule has 0 aliphatic carbocycles. The van der Waals surface area contributed by atoms with Crippen LogP contribution in [0.2, 0.25) is 0 Å². The van der Waals surface area contributed by atoms with Crippen molar-refractivity contribution in [1.29, 1.82) is 0 Å². The van der Waals surface area contributed by atoms with Crippen LogP contribution in [0.15, 0.2) is 17.6 Å². The van der Waals surface area contributed by atoms with Crippen LogP contribution in [0.1, 0.15) is 27.7 Å². The van der Waals surface area contributed by atoms with Crippen LogP contribution in [0, 0.1) is 5.92 Å². The van der Waals surface area contributed by atoms with Crippen LogP contribution in [0.5, 0.6) is 0 Å². The van der Waals surface area contributed by atoms with Crippen LogP contribution in [0.4, 0.5) is 0 Å². The molecule has 14 heavy (non-hydrogen) atoms. The lowest BCUT2D eigenvalue weighted by Crippen LogP contribution is -2.34. The van der Waals surface area contributed by atoms with E-state index in [1.807, 2.05) is 6.08 Å². The smallest absolute Gasteiger partial charge is 0.157 e. The Hall–Kier alpha value is -0.440.